The minimum atomic E-state index is -0.304. The maximum atomic E-state index is 13.1. The van der Waals surface area contributed by atoms with Gasteiger partial charge in [-0.05, 0) is 51.6 Å². The van der Waals surface area contributed by atoms with Crippen LogP contribution >= 0.6 is 27.3 Å². The molecule has 0 saturated carbocycles. The van der Waals surface area contributed by atoms with Crippen LogP contribution in [-0.2, 0) is 0 Å². The van der Waals surface area contributed by atoms with Crippen LogP contribution in [0.2, 0.25) is 0 Å². The highest BCUT2D eigenvalue weighted by Crippen LogP contribution is 2.27. The summed E-state index contributed by atoms with van der Waals surface area (Å²) in [4.78, 5) is 16.7. The summed E-state index contributed by atoms with van der Waals surface area (Å²) in [6, 6.07) is 9.71. The lowest BCUT2D eigenvalue weighted by atomic mass is 10.2. The van der Waals surface area contributed by atoms with Crippen molar-refractivity contribution >= 4 is 48.9 Å². The number of rotatable bonds is 2. The Morgan fingerprint density at radius 3 is 2.95 bits per heavy atom. The van der Waals surface area contributed by atoms with E-state index in [1.165, 1.54) is 23.5 Å². The maximum Gasteiger partial charge on any atom is 0.265 e. The third kappa shape index (κ3) is 2.57. The Hall–Kier alpha value is -1.79. The van der Waals surface area contributed by atoms with Crippen LogP contribution < -0.4 is 5.32 Å². The van der Waals surface area contributed by atoms with Crippen molar-refractivity contribution in [3.05, 3.63) is 57.9 Å². The van der Waals surface area contributed by atoms with Gasteiger partial charge in [0.15, 0.2) is 0 Å². The highest BCUT2D eigenvalue weighted by atomic mass is 79.9. The Kier molecular flexibility index (Phi) is 3.50. The molecule has 0 fully saturated rings. The summed E-state index contributed by atoms with van der Waals surface area (Å²) in [7, 11) is 0. The SMILES string of the molecule is O=C(Nc1cccnc1Br)c1cc2ccc(F)cc2s1. The lowest BCUT2D eigenvalue weighted by Crippen LogP contribution is -2.10. The third-order valence-corrected chi connectivity index (χ3v) is 4.44. The molecule has 2 aromatic heterocycles. The monoisotopic (exact) mass is 350 g/mol. The number of anilines is 1. The fraction of sp³-hybridized carbons (Fsp3) is 0. The van der Waals surface area contributed by atoms with Gasteiger partial charge in [0.1, 0.15) is 10.4 Å². The zero-order valence-corrected chi connectivity index (χ0v) is 12.5. The number of nitrogens with zero attached hydrogens (tertiary/aromatic N) is 1. The van der Waals surface area contributed by atoms with E-state index < -0.39 is 0 Å². The molecule has 3 aromatic rings. The van der Waals surface area contributed by atoms with Crippen LogP contribution in [0.4, 0.5) is 10.1 Å². The van der Waals surface area contributed by atoms with Crippen molar-refractivity contribution in [2.45, 2.75) is 0 Å². The molecule has 0 aliphatic carbocycles. The Bertz CT molecular complexity index is 803. The van der Waals surface area contributed by atoms with Crippen LogP contribution in [0.15, 0.2) is 47.2 Å². The van der Waals surface area contributed by atoms with Crippen molar-refractivity contribution in [3.8, 4) is 0 Å². The first kappa shape index (κ1) is 13.2. The van der Waals surface area contributed by atoms with Crippen molar-refractivity contribution in [1.29, 1.82) is 0 Å². The molecule has 100 valence electrons. The predicted octanol–water partition coefficient (Wildman–Crippen LogP) is 4.45. The van der Waals surface area contributed by atoms with E-state index in [4.69, 9.17) is 0 Å². The molecule has 3 nitrogen and oxygen atoms in total. The molecule has 20 heavy (non-hydrogen) atoms. The summed E-state index contributed by atoms with van der Waals surface area (Å²) in [6.45, 7) is 0. The molecule has 0 aliphatic rings. The van der Waals surface area contributed by atoms with E-state index in [0.717, 1.165) is 10.1 Å². The van der Waals surface area contributed by atoms with Crippen molar-refractivity contribution in [1.82, 2.24) is 4.98 Å². The quantitative estimate of drug-likeness (QED) is 0.693. The molecule has 0 bridgehead atoms. The van der Waals surface area contributed by atoms with E-state index in [2.05, 4.69) is 26.2 Å². The van der Waals surface area contributed by atoms with E-state index in [0.29, 0.717) is 15.2 Å². The fourth-order valence-electron chi connectivity index (χ4n) is 1.78. The number of thiophene rings is 1. The molecule has 6 heteroatoms. The smallest absolute Gasteiger partial charge is 0.265 e. The number of carbonyl (C=O) groups is 1. The molecule has 1 N–H and O–H groups in total. The molecular weight excluding hydrogens is 343 g/mol. The predicted molar refractivity (Wildman–Crippen MR) is 81.7 cm³/mol. The van der Waals surface area contributed by atoms with Crippen molar-refractivity contribution < 1.29 is 9.18 Å². The standard InChI is InChI=1S/C14H8BrFN2OS/c15-13-10(2-1-5-17-13)18-14(19)12-6-8-3-4-9(16)7-11(8)20-12/h1-7H,(H,18,19). The van der Waals surface area contributed by atoms with Gasteiger partial charge in [-0.15, -0.1) is 11.3 Å². The molecule has 2 heterocycles. The highest BCUT2D eigenvalue weighted by molar-refractivity contribution is 9.10. The van der Waals surface area contributed by atoms with Gasteiger partial charge in [-0.1, -0.05) is 6.07 Å². The van der Waals surface area contributed by atoms with E-state index in [-0.39, 0.29) is 11.7 Å². The number of hydrogen-bond donors (Lipinski definition) is 1. The van der Waals surface area contributed by atoms with Crippen LogP contribution in [-0.4, -0.2) is 10.9 Å². The Balaban J connectivity index is 1.91. The summed E-state index contributed by atoms with van der Waals surface area (Å²) < 4.78 is 14.5. The molecule has 3 rings (SSSR count). The lowest BCUT2D eigenvalue weighted by molar-refractivity contribution is 0.103. The molecule has 0 radical (unpaired) electrons. The Morgan fingerprint density at radius 1 is 1.30 bits per heavy atom. The first-order chi connectivity index (χ1) is 9.63. The number of nitrogens with one attached hydrogen (secondary N) is 1. The first-order valence-electron chi connectivity index (χ1n) is 5.74. The summed E-state index contributed by atoms with van der Waals surface area (Å²) >= 11 is 4.53. The van der Waals surface area contributed by atoms with Gasteiger partial charge >= 0.3 is 0 Å². The van der Waals surface area contributed by atoms with Crippen LogP contribution in [0.3, 0.4) is 0 Å². The number of benzene rings is 1. The van der Waals surface area contributed by atoms with Crippen LogP contribution in [0.5, 0.6) is 0 Å². The Morgan fingerprint density at radius 2 is 2.15 bits per heavy atom. The van der Waals surface area contributed by atoms with E-state index in [9.17, 15) is 9.18 Å². The second-order valence-electron chi connectivity index (χ2n) is 4.09. The number of halogens is 2. The zero-order valence-electron chi connectivity index (χ0n) is 10.1. The van der Waals surface area contributed by atoms with Crippen molar-refractivity contribution in [3.63, 3.8) is 0 Å². The van der Waals surface area contributed by atoms with Gasteiger partial charge in [0, 0.05) is 10.9 Å². The number of fused-ring (bicyclic) bond motifs is 1. The number of aromatic nitrogens is 1. The lowest BCUT2D eigenvalue weighted by Gasteiger charge is -2.04. The number of hydrogen-bond acceptors (Lipinski definition) is 3. The average Bonchev–Trinajstić information content (AvgIpc) is 2.84. The normalized spacial score (nSPS) is 10.7. The number of carbonyl (C=O) groups excluding carboxylic acids is 1. The second kappa shape index (κ2) is 5.30. The largest absolute Gasteiger partial charge is 0.319 e. The topological polar surface area (TPSA) is 42.0 Å². The maximum absolute atomic E-state index is 13.1. The molecule has 1 amide bonds. The van der Waals surface area contributed by atoms with Crippen molar-refractivity contribution in [2.75, 3.05) is 5.32 Å². The van der Waals surface area contributed by atoms with Gasteiger partial charge in [0.25, 0.3) is 5.91 Å². The van der Waals surface area contributed by atoms with E-state index in [1.54, 1.807) is 30.5 Å². The minimum Gasteiger partial charge on any atom is -0.319 e. The van der Waals surface area contributed by atoms with Gasteiger partial charge in [0.05, 0.1) is 10.6 Å². The molecule has 0 atom stereocenters. The minimum absolute atomic E-state index is 0.236. The molecular formula is C14H8BrFN2OS. The second-order valence-corrected chi connectivity index (χ2v) is 5.92. The van der Waals surface area contributed by atoms with Crippen molar-refractivity contribution in [2.24, 2.45) is 0 Å². The van der Waals surface area contributed by atoms with Crippen LogP contribution in [0.25, 0.3) is 10.1 Å². The Labute approximate surface area is 126 Å². The molecule has 0 saturated heterocycles. The summed E-state index contributed by atoms with van der Waals surface area (Å²) in [6.07, 6.45) is 1.63. The van der Waals surface area contributed by atoms with Crippen LogP contribution in [0, 0.1) is 5.82 Å². The number of pyridine rings is 1. The zero-order chi connectivity index (χ0) is 14.1. The van der Waals surface area contributed by atoms with Gasteiger partial charge < -0.3 is 5.32 Å². The highest BCUT2D eigenvalue weighted by Gasteiger charge is 2.12. The van der Waals surface area contributed by atoms with Gasteiger partial charge in [-0.3, -0.25) is 4.79 Å². The summed E-state index contributed by atoms with van der Waals surface area (Å²) in [5, 5.41) is 3.62. The van der Waals surface area contributed by atoms with Gasteiger partial charge in [0.2, 0.25) is 0 Å². The summed E-state index contributed by atoms with van der Waals surface area (Å²) in [5.74, 6) is -0.540. The van der Waals surface area contributed by atoms with E-state index in [1.807, 2.05) is 0 Å². The molecule has 0 spiro atoms. The molecule has 1 aromatic carbocycles. The van der Waals surface area contributed by atoms with Gasteiger partial charge in [-0.2, -0.15) is 0 Å². The van der Waals surface area contributed by atoms with Gasteiger partial charge in [-0.25, -0.2) is 9.37 Å². The number of amides is 1. The third-order valence-electron chi connectivity index (χ3n) is 2.71. The first-order valence-corrected chi connectivity index (χ1v) is 7.35. The molecule has 0 aliphatic heterocycles. The average molecular weight is 351 g/mol. The fourth-order valence-corrected chi connectivity index (χ4v) is 3.11. The summed E-state index contributed by atoms with van der Waals surface area (Å²) in [5.41, 5.74) is 0.598. The molecule has 0 unspecified atom stereocenters. The van der Waals surface area contributed by atoms with E-state index >= 15 is 0 Å². The van der Waals surface area contributed by atoms with Crippen LogP contribution in [0.1, 0.15) is 9.67 Å².